The third-order valence-electron chi connectivity index (χ3n) is 1.91. The predicted molar refractivity (Wildman–Crippen MR) is 48.4 cm³/mol. The zero-order chi connectivity index (χ0) is 10.6. The fraction of sp³-hybridized carbons (Fsp3) is 0.750. The van der Waals surface area contributed by atoms with Gasteiger partial charge in [-0.25, -0.2) is 0 Å². The molecule has 0 aromatic carbocycles. The summed E-state index contributed by atoms with van der Waals surface area (Å²) in [4.78, 5) is 21.8. The first-order valence-corrected chi connectivity index (χ1v) is 4.04. The highest BCUT2D eigenvalue weighted by molar-refractivity contribution is 5.89. The molecule has 3 N–H and O–H groups in total. The summed E-state index contributed by atoms with van der Waals surface area (Å²) in [6.07, 6.45) is 0. The largest absolute Gasteiger partial charge is 0.480 e. The first-order valence-electron chi connectivity index (χ1n) is 4.04. The van der Waals surface area contributed by atoms with Gasteiger partial charge in [-0.3, -0.25) is 9.59 Å². The molecule has 0 aliphatic carbocycles. The van der Waals surface area contributed by atoms with Crippen LogP contribution in [0.3, 0.4) is 0 Å². The second-order valence-corrected chi connectivity index (χ2v) is 3.41. The monoisotopic (exact) mass is 188 g/mol. The molecular weight excluding hydrogens is 172 g/mol. The highest BCUT2D eigenvalue weighted by Crippen LogP contribution is 2.00. The summed E-state index contributed by atoms with van der Waals surface area (Å²) in [5.74, 6) is -1.37. The van der Waals surface area contributed by atoms with Gasteiger partial charge in [0.1, 0.15) is 6.04 Å². The molecule has 0 spiro atoms. The average Bonchev–Trinajstić information content (AvgIpc) is 2.04. The Morgan fingerprint density at radius 3 is 2.15 bits per heavy atom. The summed E-state index contributed by atoms with van der Waals surface area (Å²) in [6, 6.07) is -0.861. The van der Waals surface area contributed by atoms with E-state index in [4.69, 9.17) is 5.11 Å². The van der Waals surface area contributed by atoms with E-state index in [1.54, 1.807) is 20.9 Å². The number of likely N-dealkylation sites (N-methyl/N-ethyl adjacent to an activating group) is 1. The number of nitrogens with one attached hydrogen (secondary N) is 2. The predicted octanol–water partition coefficient (Wildman–Crippen LogP) is -0.426. The van der Waals surface area contributed by atoms with Crippen LogP contribution in [-0.4, -0.2) is 35.6 Å². The summed E-state index contributed by atoms with van der Waals surface area (Å²) < 4.78 is 0. The van der Waals surface area contributed by atoms with E-state index in [0.29, 0.717) is 0 Å². The van der Waals surface area contributed by atoms with Crippen molar-refractivity contribution in [1.82, 2.24) is 10.6 Å². The Bertz CT molecular complexity index is 213. The summed E-state index contributed by atoms with van der Waals surface area (Å²) in [5, 5.41) is 13.7. The van der Waals surface area contributed by atoms with Crippen LogP contribution in [0, 0.1) is 0 Å². The zero-order valence-corrected chi connectivity index (χ0v) is 8.34. The number of carboxylic acid groups (broad SMARTS) is 1. The Labute approximate surface area is 77.5 Å². The summed E-state index contributed by atoms with van der Waals surface area (Å²) >= 11 is 0. The SMILES string of the molecule is CNC(C)(C)C(=O)N[C@@H](C)C(=O)O. The van der Waals surface area contributed by atoms with Gasteiger partial charge >= 0.3 is 5.97 Å². The normalized spacial score (nSPS) is 13.5. The Kier molecular flexibility index (Phi) is 3.87. The molecule has 0 saturated heterocycles. The van der Waals surface area contributed by atoms with E-state index in [9.17, 15) is 9.59 Å². The lowest BCUT2D eigenvalue weighted by molar-refractivity contribution is -0.142. The van der Waals surface area contributed by atoms with Crippen molar-refractivity contribution in [2.75, 3.05) is 7.05 Å². The molecule has 76 valence electrons. The molecule has 0 bridgehead atoms. The maximum atomic E-state index is 11.4. The van der Waals surface area contributed by atoms with Crippen LogP contribution in [-0.2, 0) is 9.59 Å². The van der Waals surface area contributed by atoms with E-state index in [1.165, 1.54) is 6.92 Å². The number of hydrogen-bond donors (Lipinski definition) is 3. The van der Waals surface area contributed by atoms with Gasteiger partial charge in [-0.05, 0) is 27.8 Å². The number of carbonyl (C=O) groups is 2. The molecule has 5 heteroatoms. The quantitative estimate of drug-likeness (QED) is 0.559. The van der Waals surface area contributed by atoms with Crippen molar-refractivity contribution in [3.05, 3.63) is 0 Å². The van der Waals surface area contributed by atoms with Gasteiger partial charge in [-0.1, -0.05) is 0 Å². The van der Waals surface area contributed by atoms with Gasteiger partial charge in [0, 0.05) is 0 Å². The van der Waals surface area contributed by atoms with Crippen molar-refractivity contribution in [3.63, 3.8) is 0 Å². The molecule has 0 heterocycles. The van der Waals surface area contributed by atoms with Crippen LogP contribution < -0.4 is 10.6 Å². The third-order valence-corrected chi connectivity index (χ3v) is 1.91. The molecular formula is C8H16N2O3. The number of aliphatic carboxylic acids is 1. The van der Waals surface area contributed by atoms with E-state index >= 15 is 0 Å². The molecule has 0 unspecified atom stereocenters. The van der Waals surface area contributed by atoms with Crippen molar-refractivity contribution in [2.24, 2.45) is 0 Å². The second kappa shape index (κ2) is 4.23. The number of carboxylic acids is 1. The molecule has 0 saturated carbocycles. The fourth-order valence-corrected chi connectivity index (χ4v) is 0.552. The maximum absolute atomic E-state index is 11.4. The lowest BCUT2D eigenvalue weighted by atomic mass is 10.0. The summed E-state index contributed by atoms with van der Waals surface area (Å²) in [7, 11) is 1.64. The van der Waals surface area contributed by atoms with Gasteiger partial charge in [-0.15, -0.1) is 0 Å². The lowest BCUT2D eigenvalue weighted by Crippen LogP contribution is -2.54. The minimum Gasteiger partial charge on any atom is -0.480 e. The first kappa shape index (κ1) is 11.9. The van der Waals surface area contributed by atoms with Crippen LogP contribution >= 0.6 is 0 Å². The lowest BCUT2D eigenvalue weighted by Gasteiger charge is -2.23. The Hall–Kier alpha value is -1.10. The maximum Gasteiger partial charge on any atom is 0.325 e. The highest BCUT2D eigenvalue weighted by Gasteiger charge is 2.27. The first-order chi connectivity index (χ1) is 5.81. The van der Waals surface area contributed by atoms with Gasteiger partial charge < -0.3 is 15.7 Å². The van der Waals surface area contributed by atoms with E-state index < -0.39 is 17.6 Å². The fourth-order valence-electron chi connectivity index (χ4n) is 0.552. The molecule has 13 heavy (non-hydrogen) atoms. The van der Waals surface area contributed by atoms with Gasteiger partial charge in [0.2, 0.25) is 5.91 Å². The van der Waals surface area contributed by atoms with E-state index in [2.05, 4.69) is 10.6 Å². The molecule has 0 aromatic heterocycles. The van der Waals surface area contributed by atoms with E-state index in [1.807, 2.05) is 0 Å². The molecule has 0 radical (unpaired) electrons. The van der Waals surface area contributed by atoms with Crippen LogP contribution in [0.5, 0.6) is 0 Å². The third kappa shape index (κ3) is 3.42. The van der Waals surface area contributed by atoms with Gasteiger partial charge in [0.05, 0.1) is 5.54 Å². The molecule has 0 aliphatic rings. The van der Waals surface area contributed by atoms with E-state index in [0.717, 1.165) is 0 Å². The van der Waals surface area contributed by atoms with Crippen molar-refractivity contribution in [1.29, 1.82) is 0 Å². The molecule has 5 nitrogen and oxygen atoms in total. The van der Waals surface area contributed by atoms with E-state index in [-0.39, 0.29) is 5.91 Å². The smallest absolute Gasteiger partial charge is 0.325 e. The number of rotatable bonds is 4. The Morgan fingerprint density at radius 1 is 1.38 bits per heavy atom. The van der Waals surface area contributed by atoms with Crippen molar-refractivity contribution in [2.45, 2.75) is 32.4 Å². The van der Waals surface area contributed by atoms with Crippen LogP contribution in [0.25, 0.3) is 0 Å². The van der Waals surface area contributed by atoms with Crippen LogP contribution in [0.2, 0.25) is 0 Å². The zero-order valence-electron chi connectivity index (χ0n) is 8.34. The van der Waals surface area contributed by atoms with Crippen molar-refractivity contribution < 1.29 is 14.7 Å². The second-order valence-electron chi connectivity index (χ2n) is 3.41. The van der Waals surface area contributed by atoms with Crippen LogP contribution in [0.15, 0.2) is 0 Å². The highest BCUT2D eigenvalue weighted by atomic mass is 16.4. The average molecular weight is 188 g/mol. The van der Waals surface area contributed by atoms with Crippen LogP contribution in [0.4, 0.5) is 0 Å². The summed E-state index contributed by atoms with van der Waals surface area (Å²) in [5.41, 5.74) is -0.746. The topological polar surface area (TPSA) is 78.4 Å². The van der Waals surface area contributed by atoms with Gasteiger partial charge in [-0.2, -0.15) is 0 Å². The molecule has 0 fully saturated rings. The Balaban J connectivity index is 4.23. The summed E-state index contributed by atoms with van der Waals surface area (Å²) in [6.45, 7) is 4.78. The van der Waals surface area contributed by atoms with Crippen LogP contribution in [0.1, 0.15) is 20.8 Å². The molecule has 0 aromatic rings. The Morgan fingerprint density at radius 2 is 1.85 bits per heavy atom. The van der Waals surface area contributed by atoms with Crippen molar-refractivity contribution >= 4 is 11.9 Å². The number of hydrogen-bond acceptors (Lipinski definition) is 3. The molecule has 0 aliphatic heterocycles. The standard InChI is InChI=1S/C8H16N2O3/c1-5(6(11)12)10-7(13)8(2,3)9-4/h5,9H,1-4H3,(H,10,13)(H,11,12)/t5-/m0/s1. The molecule has 0 rings (SSSR count). The number of carbonyl (C=O) groups excluding carboxylic acids is 1. The number of amides is 1. The van der Waals surface area contributed by atoms with Gasteiger partial charge in [0.25, 0.3) is 0 Å². The molecule has 1 amide bonds. The van der Waals surface area contributed by atoms with Crippen molar-refractivity contribution in [3.8, 4) is 0 Å². The minimum absolute atomic E-state index is 0.329. The van der Waals surface area contributed by atoms with Gasteiger partial charge in [0.15, 0.2) is 0 Å². The molecule has 1 atom stereocenters. The minimum atomic E-state index is -1.04.